The van der Waals surface area contributed by atoms with E-state index in [1.807, 2.05) is 0 Å². The molecule has 0 radical (unpaired) electrons. The number of nitrogens with zero attached hydrogens (tertiary/aromatic N) is 1. The van der Waals surface area contributed by atoms with Crippen LogP contribution in [0, 0.1) is 5.92 Å². The van der Waals surface area contributed by atoms with Crippen molar-refractivity contribution in [3.8, 4) is 0 Å². The third kappa shape index (κ3) is 3.03. The van der Waals surface area contributed by atoms with Crippen molar-refractivity contribution in [3.63, 3.8) is 0 Å². The number of piperidine rings is 1. The summed E-state index contributed by atoms with van der Waals surface area (Å²) in [5.41, 5.74) is 6.56. The Balaban J connectivity index is 1.98. The van der Waals surface area contributed by atoms with Crippen LogP contribution in [-0.4, -0.2) is 29.6 Å². The summed E-state index contributed by atoms with van der Waals surface area (Å²) in [4.78, 5) is 2.74. The molecule has 2 fully saturated rings. The van der Waals surface area contributed by atoms with E-state index < -0.39 is 0 Å². The Morgan fingerprint density at radius 3 is 2.41 bits per heavy atom. The molecule has 0 amide bonds. The molecule has 100 valence electrons. The van der Waals surface area contributed by atoms with E-state index in [9.17, 15) is 0 Å². The molecule has 2 nitrogen and oxygen atoms in total. The van der Waals surface area contributed by atoms with E-state index in [-0.39, 0.29) is 5.54 Å². The van der Waals surface area contributed by atoms with E-state index in [2.05, 4.69) is 18.7 Å². The van der Waals surface area contributed by atoms with E-state index in [1.54, 1.807) is 0 Å². The van der Waals surface area contributed by atoms with Crippen molar-refractivity contribution in [2.45, 2.75) is 76.8 Å². The highest BCUT2D eigenvalue weighted by Crippen LogP contribution is 2.36. The number of likely N-dealkylation sites (tertiary alicyclic amines) is 1. The van der Waals surface area contributed by atoms with E-state index in [4.69, 9.17) is 5.73 Å². The predicted octanol–water partition coefficient (Wildman–Crippen LogP) is 3.16. The van der Waals surface area contributed by atoms with Crippen molar-refractivity contribution < 1.29 is 0 Å². The minimum Gasteiger partial charge on any atom is -0.324 e. The molecule has 0 unspecified atom stereocenters. The van der Waals surface area contributed by atoms with Gasteiger partial charge in [0.2, 0.25) is 0 Å². The Morgan fingerprint density at radius 2 is 1.71 bits per heavy atom. The summed E-state index contributed by atoms with van der Waals surface area (Å²) in [5, 5.41) is 0. The molecule has 1 saturated carbocycles. The molecule has 0 aromatic carbocycles. The summed E-state index contributed by atoms with van der Waals surface area (Å²) in [5.74, 6) is 0.982. The van der Waals surface area contributed by atoms with Crippen molar-refractivity contribution in [1.82, 2.24) is 4.90 Å². The zero-order chi connectivity index (χ0) is 12.3. The van der Waals surface area contributed by atoms with Crippen molar-refractivity contribution in [2.24, 2.45) is 11.7 Å². The second-order valence-corrected chi connectivity index (χ2v) is 6.29. The molecule has 1 aliphatic carbocycles. The number of nitrogens with two attached hydrogens (primary N) is 1. The van der Waals surface area contributed by atoms with Crippen LogP contribution in [0.5, 0.6) is 0 Å². The summed E-state index contributed by atoms with van der Waals surface area (Å²) in [6, 6.07) is 0.860. The monoisotopic (exact) mass is 238 g/mol. The molecule has 0 spiro atoms. The Labute approximate surface area is 107 Å². The highest BCUT2D eigenvalue weighted by atomic mass is 15.2. The van der Waals surface area contributed by atoms with Crippen molar-refractivity contribution in [1.29, 1.82) is 0 Å². The minimum atomic E-state index is 0.0549. The fourth-order valence-corrected chi connectivity index (χ4v) is 3.80. The summed E-state index contributed by atoms with van der Waals surface area (Å²) in [6.45, 7) is 6.90. The van der Waals surface area contributed by atoms with Gasteiger partial charge in [0.05, 0.1) is 0 Å². The van der Waals surface area contributed by atoms with Gasteiger partial charge in [-0.3, -0.25) is 4.90 Å². The highest BCUT2D eigenvalue weighted by Gasteiger charge is 2.36. The quantitative estimate of drug-likeness (QED) is 0.815. The summed E-state index contributed by atoms with van der Waals surface area (Å²) in [6.07, 6.45) is 10.9. The van der Waals surface area contributed by atoms with Gasteiger partial charge in [-0.1, -0.05) is 26.7 Å². The number of fused-ring (bicyclic) bond motifs is 1. The van der Waals surface area contributed by atoms with Gasteiger partial charge < -0.3 is 5.73 Å². The first-order valence-corrected chi connectivity index (χ1v) is 7.71. The van der Waals surface area contributed by atoms with Gasteiger partial charge in [-0.05, 0) is 51.0 Å². The van der Waals surface area contributed by atoms with Crippen LogP contribution < -0.4 is 5.73 Å². The summed E-state index contributed by atoms with van der Waals surface area (Å²) < 4.78 is 0. The van der Waals surface area contributed by atoms with E-state index in [1.165, 1.54) is 45.1 Å². The summed E-state index contributed by atoms with van der Waals surface area (Å²) in [7, 11) is 0. The predicted molar refractivity (Wildman–Crippen MR) is 74.1 cm³/mol. The molecule has 1 saturated heterocycles. The molecule has 1 aliphatic heterocycles. The zero-order valence-electron chi connectivity index (χ0n) is 11.8. The lowest BCUT2D eigenvalue weighted by molar-refractivity contribution is 0.0408. The van der Waals surface area contributed by atoms with Crippen LogP contribution >= 0.6 is 0 Å². The average Bonchev–Trinajstić information content (AvgIpc) is 2.39. The van der Waals surface area contributed by atoms with E-state index in [0.29, 0.717) is 0 Å². The minimum absolute atomic E-state index is 0.0549. The van der Waals surface area contributed by atoms with Crippen LogP contribution in [0.3, 0.4) is 0 Å². The summed E-state index contributed by atoms with van der Waals surface area (Å²) >= 11 is 0. The molecule has 0 aromatic rings. The third-order valence-corrected chi connectivity index (χ3v) is 5.28. The van der Waals surface area contributed by atoms with Gasteiger partial charge in [0, 0.05) is 18.1 Å². The van der Waals surface area contributed by atoms with Gasteiger partial charge in [0.25, 0.3) is 0 Å². The maximum absolute atomic E-state index is 6.51. The molecule has 0 aromatic heterocycles. The standard InChI is InChI=1S/C15H30N2/c1-3-15(16,4-2)12-17-11-7-9-13-8-5-6-10-14(13)17/h13-14H,3-12,16H2,1-2H3/t13-,14-/m1/s1. The Bertz CT molecular complexity index is 233. The highest BCUT2D eigenvalue weighted by molar-refractivity contribution is 4.93. The molecule has 2 atom stereocenters. The van der Waals surface area contributed by atoms with Gasteiger partial charge in [-0.2, -0.15) is 0 Å². The lowest BCUT2D eigenvalue weighted by Gasteiger charge is -2.47. The molecule has 2 heteroatoms. The molecule has 2 aliphatic rings. The molecule has 1 heterocycles. The lowest BCUT2D eigenvalue weighted by atomic mass is 9.77. The van der Waals surface area contributed by atoms with Crippen LogP contribution in [-0.2, 0) is 0 Å². The number of hydrogen-bond donors (Lipinski definition) is 1. The zero-order valence-corrected chi connectivity index (χ0v) is 11.8. The van der Waals surface area contributed by atoms with Gasteiger partial charge in [0.15, 0.2) is 0 Å². The van der Waals surface area contributed by atoms with Crippen molar-refractivity contribution in [2.75, 3.05) is 13.1 Å². The lowest BCUT2D eigenvalue weighted by Crippen LogP contribution is -2.56. The first-order chi connectivity index (χ1) is 8.18. The topological polar surface area (TPSA) is 29.3 Å². The first kappa shape index (κ1) is 13.4. The normalized spacial score (nSPS) is 31.2. The maximum Gasteiger partial charge on any atom is 0.0278 e. The van der Waals surface area contributed by atoms with E-state index in [0.717, 1.165) is 31.3 Å². The van der Waals surface area contributed by atoms with Crippen LogP contribution in [0.2, 0.25) is 0 Å². The molecule has 0 bridgehead atoms. The first-order valence-electron chi connectivity index (χ1n) is 7.71. The Morgan fingerprint density at radius 1 is 1.06 bits per heavy atom. The van der Waals surface area contributed by atoms with E-state index >= 15 is 0 Å². The molecular weight excluding hydrogens is 208 g/mol. The molecular formula is C15H30N2. The maximum atomic E-state index is 6.51. The Kier molecular flexibility index (Phi) is 4.48. The Hall–Kier alpha value is -0.0800. The number of hydrogen-bond acceptors (Lipinski definition) is 2. The van der Waals surface area contributed by atoms with Gasteiger partial charge in [0.1, 0.15) is 0 Å². The largest absolute Gasteiger partial charge is 0.324 e. The third-order valence-electron chi connectivity index (χ3n) is 5.28. The van der Waals surface area contributed by atoms with Gasteiger partial charge in [-0.25, -0.2) is 0 Å². The van der Waals surface area contributed by atoms with Gasteiger partial charge >= 0.3 is 0 Å². The van der Waals surface area contributed by atoms with Crippen LogP contribution in [0.1, 0.15) is 65.2 Å². The van der Waals surface area contributed by atoms with Gasteiger partial charge in [-0.15, -0.1) is 0 Å². The average molecular weight is 238 g/mol. The SMILES string of the molecule is CCC(N)(CC)CN1CCC[C@H]2CCCC[C@H]21. The van der Waals surface area contributed by atoms with Crippen molar-refractivity contribution >= 4 is 0 Å². The molecule has 2 N–H and O–H groups in total. The number of rotatable bonds is 4. The second kappa shape index (κ2) is 5.71. The second-order valence-electron chi connectivity index (χ2n) is 6.29. The molecule has 17 heavy (non-hydrogen) atoms. The van der Waals surface area contributed by atoms with Crippen molar-refractivity contribution in [3.05, 3.63) is 0 Å². The molecule has 2 rings (SSSR count). The van der Waals surface area contributed by atoms with Crippen LogP contribution in [0.25, 0.3) is 0 Å². The fourth-order valence-electron chi connectivity index (χ4n) is 3.80. The smallest absolute Gasteiger partial charge is 0.0278 e. The van der Waals surface area contributed by atoms with Crippen LogP contribution in [0.15, 0.2) is 0 Å². The fraction of sp³-hybridized carbons (Fsp3) is 1.00. The van der Waals surface area contributed by atoms with Crippen LogP contribution in [0.4, 0.5) is 0 Å².